The third-order valence-electron chi connectivity index (χ3n) is 11.6. The van der Waals surface area contributed by atoms with E-state index in [0.29, 0.717) is 19.3 Å². The van der Waals surface area contributed by atoms with E-state index in [1.165, 1.54) is 89.9 Å². The number of carbonyl (C=O) groups is 3. The molecule has 0 aromatic carbocycles. The smallest absolute Gasteiger partial charge is 0.306 e. The van der Waals surface area contributed by atoms with E-state index < -0.39 is 6.10 Å². The number of allylic oxidation sites excluding steroid dienone is 14. The maximum Gasteiger partial charge on any atom is 0.306 e. The summed E-state index contributed by atoms with van der Waals surface area (Å²) >= 11 is 0. The number of ether oxygens (including phenoxy) is 3. The average Bonchev–Trinajstić information content (AvgIpc) is 3.31. The van der Waals surface area contributed by atoms with Crippen LogP contribution < -0.4 is 0 Å². The van der Waals surface area contributed by atoms with Crippen molar-refractivity contribution in [2.24, 2.45) is 0 Å². The molecule has 6 heteroatoms. The van der Waals surface area contributed by atoms with Crippen LogP contribution in [0.25, 0.3) is 0 Å². The Hall–Kier alpha value is -3.41. The maximum absolute atomic E-state index is 12.8. The molecule has 66 heavy (non-hydrogen) atoms. The van der Waals surface area contributed by atoms with Gasteiger partial charge in [0.05, 0.1) is 0 Å². The fourth-order valence-electron chi connectivity index (χ4n) is 7.57. The molecule has 0 heterocycles. The van der Waals surface area contributed by atoms with Crippen LogP contribution in [0.15, 0.2) is 85.1 Å². The van der Waals surface area contributed by atoms with Crippen LogP contribution in [0.2, 0.25) is 0 Å². The second-order valence-corrected chi connectivity index (χ2v) is 18.1. The molecule has 0 amide bonds. The van der Waals surface area contributed by atoms with Crippen LogP contribution in [-0.4, -0.2) is 37.2 Å². The Balaban J connectivity index is 4.37. The number of carbonyl (C=O) groups excluding carboxylic acids is 3. The Morgan fingerprint density at radius 3 is 0.924 bits per heavy atom. The summed E-state index contributed by atoms with van der Waals surface area (Å²) in [6, 6.07) is 0. The molecule has 0 saturated carbocycles. The Kier molecular flexibility index (Phi) is 51.4. The molecule has 0 radical (unpaired) electrons. The van der Waals surface area contributed by atoms with Crippen molar-refractivity contribution in [1.82, 2.24) is 0 Å². The highest BCUT2D eigenvalue weighted by molar-refractivity contribution is 5.71. The standard InChI is InChI=1S/C60H102O6/c1-4-7-10-13-16-19-22-25-27-28-29-30-31-32-34-35-38-41-44-47-50-53-59(62)65-56-57(55-64-58(61)52-49-46-43-40-37-24-21-18-15-12-9-6-3)66-60(63)54-51-48-45-42-39-36-33-26-23-20-17-14-11-8-5-2/h7-8,10-11,16-17,19-20,25-27,29-30,33,57H,4-6,9,12-15,18,21-24,28,31-32,34-56H2,1-3H3/b10-7-,11-8-,19-16-,20-17-,27-25-,30-29-,33-26-. The monoisotopic (exact) mass is 919 g/mol. The highest BCUT2D eigenvalue weighted by Crippen LogP contribution is 2.15. The first-order valence-corrected chi connectivity index (χ1v) is 27.6. The first-order chi connectivity index (χ1) is 32.5. The number of hydrogen-bond donors (Lipinski definition) is 0. The van der Waals surface area contributed by atoms with Crippen molar-refractivity contribution in [3.8, 4) is 0 Å². The van der Waals surface area contributed by atoms with Gasteiger partial charge < -0.3 is 14.2 Å². The van der Waals surface area contributed by atoms with Crippen molar-refractivity contribution in [3.05, 3.63) is 85.1 Å². The molecule has 0 aliphatic rings. The van der Waals surface area contributed by atoms with Crippen LogP contribution in [0.4, 0.5) is 0 Å². The molecule has 0 fully saturated rings. The van der Waals surface area contributed by atoms with Gasteiger partial charge in [-0.2, -0.15) is 0 Å². The second-order valence-electron chi connectivity index (χ2n) is 18.1. The third-order valence-corrected chi connectivity index (χ3v) is 11.6. The lowest BCUT2D eigenvalue weighted by molar-refractivity contribution is -0.167. The van der Waals surface area contributed by atoms with E-state index >= 15 is 0 Å². The van der Waals surface area contributed by atoms with Gasteiger partial charge in [0.25, 0.3) is 0 Å². The molecule has 0 rings (SSSR count). The van der Waals surface area contributed by atoms with Gasteiger partial charge in [0.15, 0.2) is 6.10 Å². The van der Waals surface area contributed by atoms with Crippen LogP contribution in [0.1, 0.15) is 258 Å². The molecule has 0 saturated heterocycles. The zero-order chi connectivity index (χ0) is 47.9. The molecule has 0 N–H and O–H groups in total. The second kappa shape index (κ2) is 54.2. The topological polar surface area (TPSA) is 78.9 Å². The van der Waals surface area contributed by atoms with Crippen molar-refractivity contribution in [1.29, 1.82) is 0 Å². The van der Waals surface area contributed by atoms with Gasteiger partial charge in [0, 0.05) is 19.3 Å². The Morgan fingerprint density at radius 2 is 0.591 bits per heavy atom. The SMILES string of the molecule is CC/C=C\C/C=C\C/C=C\C/C=C\CCCCCCCCCCC(=O)OCC(COC(=O)CCCCCCCCCCCCCC)OC(=O)CCCCCCC/C=C\C/C=C\C/C=C\CC. The summed E-state index contributed by atoms with van der Waals surface area (Å²) in [5.74, 6) is -0.906. The van der Waals surface area contributed by atoms with Gasteiger partial charge in [0.1, 0.15) is 13.2 Å². The Labute approximate surface area is 407 Å². The zero-order valence-electron chi connectivity index (χ0n) is 43.2. The minimum atomic E-state index is -0.787. The van der Waals surface area contributed by atoms with Crippen LogP contribution in [0.5, 0.6) is 0 Å². The minimum Gasteiger partial charge on any atom is -0.462 e. The van der Waals surface area contributed by atoms with Crippen molar-refractivity contribution in [2.75, 3.05) is 13.2 Å². The Morgan fingerprint density at radius 1 is 0.318 bits per heavy atom. The fourth-order valence-corrected chi connectivity index (χ4v) is 7.57. The number of unbranched alkanes of at least 4 members (excludes halogenated alkanes) is 24. The van der Waals surface area contributed by atoms with Crippen LogP contribution in [-0.2, 0) is 28.6 Å². The van der Waals surface area contributed by atoms with Gasteiger partial charge in [0.2, 0.25) is 0 Å². The summed E-state index contributed by atoms with van der Waals surface area (Å²) in [7, 11) is 0. The summed E-state index contributed by atoms with van der Waals surface area (Å²) in [5, 5.41) is 0. The first kappa shape index (κ1) is 62.6. The Bertz CT molecular complexity index is 1290. The van der Waals surface area contributed by atoms with Crippen molar-refractivity contribution < 1.29 is 28.6 Å². The van der Waals surface area contributed by atoms with Gasteiger partial charge in [-0.05, 0) is 89.9 Å². The summed E-state index contributed by atoms with van der Waals surface area (Å²) < 4.78 is 16.8. The predicted octanol–water partition coefficient (Wildman–Crippen LogP) is 18.4. The van der Waals surface area contributed by atoms with Crippen LogP contribution in [0.3, 0.4) is 0 Å². The largest absolute Gasteiger partial charge is 0.462 e. The van der Waals surface area contributed by atoms with Crippen LogP contribution >= 0.6 is 0 Å². The van der Waals surface area contributed by atoms with Crippen molar-refractivity contribution >= 4 is 17.9 Å². The van der Waals surface area contributed by atoms with Gasteiger partial charge >= 0.3 is 17.9 Å². The number of esters is 3. The molecule has 1 atom stereocenters. The van der Waals surface area contributed by atoms with E-state index in [1.807, 2.05) is 0 Å². The molecule has 378 valence electrons. The van der Waals surface area contributed by atoms with Gasteiger partial charge in [-0.1, -0.05) is 234 Å². The van der Waals surface area contributed by atoms with Crippen molar-refractivity contribution in [3.63, 3.8) is 0 Å². The first-order valence-electron chi connectivity index (χ1n) is 27.6. The average molecular weight is 919 g/mol. The van der Waals surface area contributed by atoms with Gasteiger partial charge in [-0.15, -0.1) is 0 Å². The van der Waals surface area contributed by atoms with Gasteiger partial charge in [-0.3, -0.25) is 14.4 Å². The third kappa shape index (κ3) is 51.6. The minimum absolute atomic E-state index is 0.0846. The quantitative estimate of drug-likeness (QED) is 0.0262. The lowest BCUT2D eigenvalue weighted by Crippen LogP contribution is -2.30. The summed E-state index contributed by atoms with van der Waals surface area (Å²) in [6.07, 6.45) is 70.0. The fraction of sp³-hybridized carbons (Fsp3) is 0.717. The molecule has 0 aromatic heterocycles. The lowest BCUT2D eigenvalue weighted by atomic mass is 10.0. The van der Waals surface area contributed by atoms with Crippen molar-refractivity contribution in [2.45, 2.75) is 264 Å². The zero-order valence-corrected chi connectivity index (χ0v) is 43.2. The molecule has 0 aliphatic carbocycles. The highest BCUT2D eigenvalue weighted by atomic mass is 16.6. The van der Waals surface area contributed by atoms with Gasteiger partial charge in [-0.25, -0.2) is 0 Å². The molecule has 6 nitrogen and oxygen atoms in total. The highest BCUT2D eigenvalue weighted by Gasteiger charge is 2.19. The summed E-state index contributed by atoms with van der Waals surface area (Å²) in [6.45, 7) is 6.40. The van der Waals surface area contributed by atoms with E-state index in [9.17, 15) is 14.4 Å². The van der Waals surface area contributed by atoms with E-state index in [2.05, 4.69) is 106 Å². The molecular formula is C60H102O6. The molecule has 0 aliphatic heterocycles. The summed E-state index contributed by atoms with van der Waals surface area (Å²) in [4.78, 5) is 38.1. The van der Waals surface area contributed by atoms with E-state index in [1.54, 1.807) is 0 Å². The molecular weight excluding hydrogens is 817 g/mol. The van der Waals surface area contributed by atoms with E-state index in [0.717, 1.165) is 128 Å². The maximum atomic E-state index is 12.8. The number of hydrogen-bond acceptors (Lipinski definition) is 6. The lowest BCUT2D eigenvalue weighted by Gasteiger charge is -2.18. The predicted molar refractivity (Wildman–Crippen MR) is 284 cm³/mol. The molecule has 0 bridgehead atoms. The number of rotatable bonds is 49. The van der Waals surface area contributed by atoms with E-state index in [4.69, 9.17) is 14.2 Å². The van der Waals surface area contributed by atoms with E-state index in [-0.39, 0.29) is 31.1 Å². The molecule has 1 unspecified atom stereocenters. The molecule has 0 aromatic rings. The molecule has 0 spiro atoms. The van der Waals surface area contributed by atoms with Crippen LogP contribution in [0, 0.1) is 0 Å². The normalized spacial score (nSPS) is 12.7. The summed E-state index contributed by atoms with van der Waals surface area (Å²) in [5.41, 5.74) is 0.